The molecule has 0 aromatic rings. The van der Waals surface area contributed by atoms with Crippen molar-refractivity contribution in [2.45, 2.75) is 39.2 Å². The summed E-state index contributed by atoms with van der Waals surface area (Å²) in [7, 11) is -3.07. The summed E-state index contributed by atoms with van der Waals surface area (Å²) in [6.07, 6.45) is 2.97. The largest absolute Gasteiger partial charge is 0.313 e. The molecule has 0 aromatic heterocycles. The first-order valence-corrected chi connectivity index (χ1v) is 7.35. The highest BCUT2D eigenvalue weighted by molar-refractivity contribution is 7.89. The molecule has 15 heavy (non-hydrogen) atoms. The van der Waals surface area contributed by atoms with Gasteiger partial charge in [0.1, 0.15) is 0 Å². The number of hydrogen-bond acceptors (Lipinski definition) is 3. The molecule has 1 aliphatic rings. The van der Waals surface area contributed by atoms with Crippen molar-refractivity contribution in [3.63, 3.8) is 0 Å². The molecule has 0 saturated carbocycles. The van der Waals surface area contributed by atoms with E-state index < -0.39 is 10.0 Å². The molecule has 1 aliphatic heterocycles. The molecule has 0 aliphatic carbocycles. The van der Waals surface area contributed by atoms with Crippen molar-refractivity contribution >= 4 is 10.0 Å². The quantitative estimate of drug-likeness (QED) is 0.711. The van der Waals surface area contributed by atoms with Gasteiger partial charge in [-0.25, -0.2) is 13.1 Å². The second kappa shape index (κ2) is 5.82. The fraction of sp³-hybridized carbons (Fsp3) is 1.00. The van der Waals surface area contributed by atoms with Gasteiger partial charge in [0.15, 0.2) is 0 Å². The highest BCUT2D eigenvalue weighted by Gasteiger charge is 2.21. The molecule has 0 amide bonds. The zero-order valence-corrected chi connectivity index (χ0v) is 10.4. The number of nitrogens with one attached hydrogen (secondary N) is 2. The second-order valence-corrected chi connectivity index (χ2v) is 6.50. The highest BCUT2D eigenvalue weighted by Crippen LogP contribution is 2.07. The minimum atomic E-state index is -3.07. The first kappa shape index (κ1) is 12.9. The van der Waals surface area contributed by atoms with E-state index in [9.17, 15) is 8.42 Å². The summed E-state index contributed by atoms with van der Waals surface area (Å²) in [6, 6.07) is 0.154. The maximum Gasteiger partial charge on any atom is 0.213 e. The van der Waals surface area contributed by atoms with Crippen LogP contribution in [0.2, 0.25) is 0 Å². The van der Waals surface area contributed by atoms with Crippen molar-refractivity contribution in [3.8, 4) is 0 Å². The van der Waals surface area contributed by atoms with Crippen LogP contribution >= 0.6 is 0 Å². The standard InChI is InChI=1S/C10H22N2O2S/c1-9(2)5-7-12-15(13,14)8-10-4-3-6-11-10/h9-12H,3-8H2,1-2H3. The molecule has 2 N–H and O–H groups in total. The number of sulfonamides is 1. The third-order valence-electron chi connectivity index (χ3n) is 2.63. The van der Waals surface area contributed by atoms with Gasteiger partial charge < -0.3 is 5.32 Å². The van der Waals surface area contributed by atoms with Gasteiger partial charge in [0.2, 0.25) is 10.0 Å². The molecule has 1 fully saturated rings. The van der Waals surface area contributed by atoms with Crippen LogP contribution in [0.25, 0.3) is 0 Å². The first-order valence-electron chi connectivity index (χ1n) is 5.70. The van der Waals surface area contributed by atoms with Gasteiger partial charge in [0.05, 0.1) is 5.75 Å². The Morgan fingerprint density at radius 2 is 2.20 bits per heavy atom. The molecule has 0 spiro atoms. The van der Waals surface area contributed by atoms with Crippen LogP contribution in [0.4, 0.5) is 0 Å². The summed E-state index contributed by atoms with van der Waals surface area (Å²) in [5, 5.41) is 3.19. The van der Waals surface area contributed by atoms with Gasteiger partial charge in [-0.3, -0.25) is 0 Å². The van der Waals surface area contributed by atoms with Crippen LogP contribution in [0.5, 0.6) is 0 Å². The van der Waals surface area contributed by atoms with E-state index in [0.29, 0.717) is 12.5 Å². The van der Waals surface area contributed by atoms with E-state index in [1.165, 1.54) is 0 Å². The lowest BCUT2D eigenvalue weighted by Crippen LogP contribution is -2.37. The fourth-order valence-electron chi connectivity index (χ4n) is 1.73. The van der Waals surface area contributed by atoms with Gasteiger partial charge in [-0.2, -0.15) is 0 Å². The number of rotatable bonds is 6. The summed E-state index contributed by atoms with van der Waals surface area (Å²) in [4.78, 5) is 0. The Kier molecular flexibility index (Phi) is 5.02. The predicted octanol–water partition coefficient (Wildman–Crippen LogP) is 0.704. The maximum atomic E-state index is 11.6. The molecule has 0 aromatic carbocycles. The lowest BCUT2D eigenvalue weighted by atomic mass is 10.1. The van der Waals surface area contributed by atoms with Crippen LogP contribution in [-0.4, -0.2) is 33.3 Å². The van der Waals surface area contributed by atoms with Gasteiger partial charge in [0, 0.05) is 12.6 Å². The SMILES string of the molecule is CC(C)CCNS(=O)(=O)CC1CCCN1. The van der Waals surface area contributed by atoms with Crippen LogP contribution in [0.1, 0.15) is 33.1 Å². The van der Waals surface area contributed by atoms with Crippen LogP contribution in [0, 0.1) is 5.92 Å². The molecule has 4 nitrogen and oxygen atoms in total. The van der Waals surface area contributed by atoms with Crippen LogP contribution in [0.3, 0.4) is 0 Å². The van der Waals surface area contributed by atoms with E-state index in [1.54, 1.807) is 0 Å². The van der Waals surface area contributed by atoms with Gasteiger partial charge >= 0.3 is 0 Å². The molecule has 1 unspecified atom stereocenters. The smallest absolute Gasteiger partial charge is 0.213 e. The van der Waals surface area contributed by atoms with Crippen molar-refractivity contribution in [2.75, 3.05) is 18.8 Å². The third kappa shape index (κ3) is 5.49. The zero-order chi connectivity index (χ0) is 11.3. The summed E-state index contributed by atoms with van der Waals surface area (Å²) < 4.78 is 25.9. The molecule has 1 rings (SSSR count). The third-order valence-corrected chi connectivity index (χ3v) is 4.11. The maximum absolute atomic E-state index is 11.6. The Morgan fingerprint density at radius 3 is 2.73 bits per heavy atom. The Labute approximate surface area is 92.9 Å². The van der Waals surface area contributed by atoms with Gasteiger partial charge in [-0.1, -0.05) is 13.8 Å². The molecule has 90 valence electrons. The molecule has 1 saturated heterocycles. The van der Waals surface area contributed by atoms with Gasteiger partial charge in [-0.05, 0) is 31.7 Å². The van der Waals surface area contributed by atoms with Gasteiger partial charge in [0.25, 0.3) is 0 Å². The molecule has 1 atom stereocenters. The number of hydrogen-bond donors (Lipinski definition) is 2. The summed E-state index contributed by atoms with van der Waals surface area (Å²) >= 11 is 0. The Hall–Kier alpha value is -0.130. The lowest BCUT2D eigenvalue weighted by molar-refractivity contribution is 0.542. The van der Waals surface area contributed by atoms with E-state index in [4.69, 9.17) is 0 Å². The van der Waals surface area contributed by atoms with E-state index >= 15 is 0 Å². The van der Waals surface area contributed by atoms with Crippen LogP contribution in [0.15, 0.2) is 0 Å². The van der Waals surface area contributed by atoms with E-state index in [2.05, 4.69) is 23.9 Å². The normalized spacial score (nSPS) is 22.5. The van der Waals surface area contributed by atoms with Gasteiger partial charge in [-0.15, -0.1) is 0 Å². The van der Waals surface area contributed by atoms with Crippen molar-refractivity contribution < 1.29 is 8.42 Å². The minimum absolute atomic E-state index is 0.154. The summed E-state index contributed by atoms with van der Waals surface area (Å²) in [5.74, 6) is 0.766. The molecule has 5 heteroatoms. The average molecular weight is 234 g/mol. The summed E-state index contributed by atoms with van der Waals surface area (Å²) in [5.41, 5.74) is 0. The molecule has 1 heterocycles. The monoisotopic (exact) mass is 234 g/mol. The lowest BCUT2D eigenvalue weighted by Gasteiger charge is -2.12. The summed E-state index contributed by atoms with van der Waals surface area (Å²) in [6.45, 7) is 5.69. The van der Waals surface area contributed by atoms with E-state index in [0.717, 1.165) is 25.8 Å². The topological polar surface area (TPSA) is 58.2 Å². The Bertz CT molecular complexity index is 269. The highest BCUT2D eigenvalue weighted by atomic mass is 32.2. The van der Waals surface area contributed by atoms with E-state index in [1.807, 2.05) is 0 Å². The van der Waals surface area contributed by atoms with Crippen LogP contribution in [-0.2, 0) is 10.0 Å². The van der Waals surface area contributed by atoms with Crippen LogP contribution < -0.4 is 10.0 Å². The molecular formula is C10H22N2O2S. The van der Waals surface area contributed by atoms with E-state index in [-0.39, 0.29) is 11.8 Å². The fourth-order valence-corrected chi connectivity index (χ4v) is 3.09. The molecule has 0 radical (unpaired) electrons. The average Bonchev–Trinajstić information content (AvgIpc) is 2.54. The van der Waals surface area contributed by atoms with Crippen molar-refractivity contribution in [1.82, 2.24) is 10.0 Å². The minimum Gasteiger partial charge on any atom is -0.313 e. The Balaban J connectivity index is 2.25. The zero-order valence-electron chi connectivity index (χ0n) is 9.62. The predicted molar refractivity (Wildman–Crippen MR) is 62.3 cm³/mol. The second-order valence-electron chi connectivity index (χ2n) is 4.65. The first-order chi connectivity index (χ1) is 6.99. The van der Waals surface area contributed by atoms with Crippen molar-refractivity contribution in [3.05, 3.63) is 0 Å². The Morgan fingerprint density at radius 1 is 1.47 bits per heavy atom. The molecule has 0 bridgehead atoms. The molecular weight excluding hydrogens is 212 g/mol. The van der Waals surface area contributed by atoms with Crippen molar-refractivity contribution in [2.24, 2.45) is 5.92 Å². The van der Waals surface area contributed by atoms with Crippen molar-refractivity contribution in [1.29, 1.82) is 0 Å².